The number of nitrogens with zero attached hydrogens (tertiary/aromatic N) is 1. The van der Waals surface area contributed by atoms with Crippen LogP contribution >= 0.6 is 11.6 Å². The summed E-state index contributed by atoms with van der Waals surface area (Å²) in [6.07, 6.45) is 1.52. The highest BCUT2D eigenvalue weighted by molar-refractivity contribution is 6.29. The number of rotatable bonds is 6. The number of aromatic nitrogens is 1. The van der Waals surface area contributed by atoms with Crippen LogP contribution in [0.25, 0.3) is 0 Å². The number of pyridine rings is 1. The average molecular weight is 271 g/mol. The van der Waals surface area contributed by atoms with E-state index in [2.05, 4.69) is 10.3 Å². The number of carbonyl (C=O) groups is 1. The van der Waals surface area contributed by atoms with E-state index in [0.29, 0.717) is 29.8 Å². The third-order valence-corrected chi connectivity index (χ3v) is 2.82. The summed E-state index contributed by atoms with van der Waals surface area (Å²) < 4.78 is 5.36. The van der Waals surface area contributed by atoms with Gasteiger partial charge in [-0.1, -0.05) is 25.4 Å². The minimum atomic E-state index is -0.155. The van der Waals surface area contributed by atoms with Crippen LogP contribution in [-0.2, 0) is 4.74 Å². The molecule has 1 amide bonds. The number of carbonyl (C=O) groups excluding carboxylic acids is 1. The van der Waals surface area contributed by atoms with Crippen LogP contribution in [-0.4, -0.2) is 30.1 Å². The molecule has 0 aliphatic heterocycles. The molecule has 0 saturated carbocycles. The smallest absolute Gasteiger partial charge is 0.251 e. The van der Waals surface area contributed by atoms with Crippen molar-refractivity contribution in [3.63, 3.8) is 0 Å². The van der Waals surface area contributed by atoms with Gasteiger partial charge in [0.05, 0.1) is 12.6 Å². The van der Waals surface area contributed by atoms with Crippen molar-refractivity contribution in [1.82, 2.24) is 10.3 Å². The fraction of sp³-hybridized carbons (Fsp3) is 0.538. The molecular formula is C13H19ClN2O2. The van der Waals surface area contributed by atoms with Crippen LogP contribution < -0.4 is 5.32 Å². The van der Waals surface area contributed by atoms with Crippen LogP contribution in [0.15, 0.2) is 18.3 Å². The van der Waals surface area contributed by atoms with E-state index in [1.165, 1.54) is 6.20 Å². The maximum absolute atomic E-state index is 12.0. The minimum Gasteiger partial charge on any atom is -0.380 e. The molecule has 1 atom stereocenters. The molecule has 0 radical (unpaired) electrons. The van der Waals surface area contributed by atoms with Crippen molar-refractivity contribution < 1.29 is 9.53 Å². The fourth-order valence-electron chi connectivity index (χ4n) is 1.44. The molecule has 100 valence electrons. The fourth-order valence-corrected chi connectivity index (χ4v) is 1.61. The molecule has 0 aliphatic carbocycles. The number of nitrogens with one attached hydrogen (secondary N) is 1. The molecule has 0 fully saturated rings. The third kappa shape index (κ3) is 4.63. The lowest BCUT2D eigenvalue weighted by Gasteiger charge is -2.22. The first kappa shape index (κ1) is 14.9. The molecule has 0 aromatic carbocycles. The molecule has 1 aromatic rings. The predicted octanol–water partition coefficient (Wildman–Crippen LogP) is 2.53. The Balaban J connectivity index is 2.66. The van der Waals surface area contributed by atoms with E-state index in [-0.39, 0.29) is 11.9 Å². The molecule has 0 aliphatic rings. The van der Waals surface area contributed by atoms with Gasteiger partial charge in [-0.2, -0.15) is 0 Å². The van der Waals surface area contributed by atoms with Gasteiger partial charge in [0.2, 0.25) is 0 Å². The van der Waals surface area contributed by atoms with Gasteiger partial charge in [-0.05, 0) is 25.0 Å². The molecule has 0 bridgehead atoms. The standard InChI is InChI=1S/C13H19ClN2O2/c1-4-18-8-11(9(2)3)16-13(17)10-5-6-15-12(14)7-10/h5-7,9,11H,4,8H2,1-3H3,(H,16,17). The van der Waals surface area contributed by atoms with Gasteiger partial charge >= 0.3 is 0 Å². The second kappa shape index (κ2) is 7.34. The zero-order valence-electron chi connectivity index (χ0n) is 10.9. The van der Waals surface area contributed by atoms with Crippen molar-refractivity contribution in [3.05, 3.63) is 29.0 Å². The van der Waals surface area contributed by atoms with Crippen LogP contribution in [0, 0.1) is 5.92 Å². The predicted molar refractivity (Wildman–Crippen MR) is 71.8 cm³/mol. The zero-order valence-corrected chi connectivity index (χ0v) is 11.7. The minimum absolute atomic E-state index is 0.00982. The highest BCUT2D eigenvalue weighted by Crippen LogP contribution is 2.09. The molecule has 1 aromatic heterocycles. The number of halogens is 1. The van der Waals surface area contributed by atoms with Crippen LogP contribution in [0.2, 0.25) is 5.15 Å². The summed E-state index contributed by atoms with van der Waals surface area (Å²) in [5.74, 6) is 0.149. The van der Waals surface area contributed by atoms with Gasteiger partial charge in [-0.15, -0.1) is 0 Å². The molecule has 18 heavy (non-hydrogen) atoms. The van der Waals surface area contributed by atoms with Crippen molar-refractivity contribution in [1.29, 1.82) is 0 Å². The van der Waals surface area contributed by atoms with E-state index < -0.39 is 0 Å². The van der Waals surface area contributed by atoms with Crippen LogP contribution in [0.4, 0.5) is 0 Å². The van der Waals surface area contributed by atoms with E-state index in [1.54, 1.807) is 12.1 Å². The van der Waals surface area contributed by atoms with Gasteiger partial charge in [-0.3, -0.25) is 4.79 Å². The monoisotopic (exact) mass is 270 g/mol. The summed E-state index contributed by atoms with van der Waals surface area (Å²) >= 11 is 5.76. The van der Waals surface area contributed by atoms with Crippen molar-refractivity contribution in [2.75, 3.05) is 13.2 Å². The largest absolute Gasteiger partial charge is 0.380 e. The SMILES string of the molecule is CCOCC(NC(=O)c1ccnc(Cl)c1)C(C)C. The lowest BCUT2D eigenvalue weighted by Crippen LogP contribution is -2.41. The Morgan fingerprint density at radius 3 is 2.83 bits per heavy atom. The third-order valence-electron chi connectivity index (χ3n) is 2.61. The first-order chi connectivity index (χ1) is 8.54. The van der Waals surface area contributed by atoms with Crippen LogP contribution in [0.3, 0.4) is 0 Å². The Bertz CT molecular complexity index is 396. The molecule has 5 heteroatoms. The molecule has 0 spiro atoms. The Kier molecular flexibility index (Phi) is 6.09. The summed E-state index contributed by atoms with van der Waals surface area (Å²) in [6, 6.07) is 3.18. The van der Waals surface area contributed by atoms with E-state index in [0.717, 1.165) is 0 Å². The van der Waals surface area contributed by atoms with Crippen molar-refractivity contribution in [3.8, 4) is 0 Å². The Hall–Kier alpha value is -1.13. The maximum atomic E-state index is 12.0. The number of hydrogen-bond donors (Lipinski definition) is 1. The van der Waals surface area contributed by atoms with Gasteiger partial charge in [0, 0.05) is 18.4 Å². The first-order valence-corrected chi connectivity index (χ1v) is 6.42. The average Bonchev–Trinajstić information content (AvgIpc) is 2.33. The Morgan fingerprint density at radius 1 is 1.56 bits per heavy atom. The molecule has 0 saturated heterocycles. The molecular weight excluding hydrogens is 252 g/mol. The normalized spacial score (nSPS) is 12.5. The zero-order chi connectivity index (χ0) is 13.5. The van der Waals surface area contributed by atoms with Gasteiger partial charge in [0.15, 0.2) is 0 Å². The van der Waals surface area contributed by atoms with E-state index in [4.69, 9.17) is 16.3 Å². The first-order valence-electron chi connectivity index (χ1n) is 6.04. The summed E-state index contributed by atoms with van der Waals surface area (Å²) in [7, 11) is 0. The summed E-state index contributed by atoms with van der Waals surface area (Å²) in [5.41, 5.74) is 0.511. The molecule has 1 heterocycles. The van der Waals surface area contributed by atoms with Gasteiger partial charge < -0.3 is 10.1 Å². The number of amides is 1. The van der Waals surface area contributed by atoms with Crippen molar-refractivity contribution >= 4 is 17.5 Å². The van der Waals surface area contributed by atoms with Crippen molar-refractivity contribution in [2.45, 2.75) is 26.8 Å². The van der Waals surface area contributed by atoms with E-state index >= 15 is 0 Å². The van der Waals surface area contributed by atoms with Crippen molar-refractivity contribution in [2.24, 2.45) is 5.92 Å². The molecule has 4 nitrogen and oxygen atoms in total. The second-order valence-corrected chi connectivity index (χ2v) is 4.74. The lowest BCUT2D eigenvalue weighted by atomic mass is 10.0. The quantitative estimate of drug-likeness (QED) is 0.808. The van der Waals surface area contributed by atoms with E-state index in [1.807, 2.05) is 20.8 Å². The lowest BCUT2D eigenvalue weighted by molar-refractivity contribution is 0.0806. The highest BCUT2D eigenvalue weighted by atomic mass is 35.5. The van der Waals surface area contributed by atoms with Gasteiger partial charge in [0.1, 0.15) is 5.15 Å². The number of ether oxygens (including phenoxy) is 1. The Labute approximate surface area is 113 Å². The highest BCUT2D eigenvalue weighted by Gasteiger charge is 2.17. The summed E-state index contributed by atoms with van der Waals surface area (Å²) in [5, 5.41) is 3.26. The summed E-state index contributed by atoms with van der Waals surface area (Å²) in [4.78, 5) is 15.9. The van der Waals surface area contributed by atoms with Gasteiger partial charge in [-0.25, -0.2) is 4.98 Å². The van der Waals surface area contributed by atoms with Crippen LogP contribution in [0.1, 0.15) is 31.1 Å². The Morgan fingerprint density at radius 2 is 2.28 bits per heavy atom. The topological polar surface area (TPSA) is 51.2 Å². The second-order valence-electron chi connectivity index (χ2n) is 4.35. The summed E-state index contributed by atoms with van der Waals surface area (Å²) in [6.45, 7) is 7.17. The van der Waals surface area contributed by atoms with Gasteiger partial charge in [0.25, 0.3) is 5.91 Å². The maximum Gasteiger partial charge on any atom is 0.251 e. The molecule has 1 rings (SSSR count). The van der Waals surface area contributed by atoms with E-state index in [9.17, 15) is 4.79 Å². The number of hydrogen-bond acceptors (Lipinski definition) is 3. The van der Waals surface area contributed by atoms with Crippen LogP contribution in [0.5, 0.6) is 0 Å². The molecule has 1 N–H and O–H groups in total. The molecule has 1 unspecified atom stereocenters.